The minimum absolute atomic E-state index is 0.352. The summed E-state index contributed by atoms with van der Waals surface area (Å²) in [5, 5.41) is 0. The first-order valence-corrected chi connectivity index (χ1v) is 3.05. The molecule has 0 aromatic rings. The molecule has 3 heteroatoms. The Kier molecular flexibility index (Phi) is 3.58. The molecule has 0 saturated carbocycles. The Labute approximate surface area is 58.3 Å². The molecule has 0 aromatic carbocycles. The van der Waals surface area contributed by atoms with Gasteiger partial charge in [0.15, 0.2) is 0 Å². The van der Waals surface area contributed by atoms with Crippen LogP contribution in [0.3, 0.4) is 0 Å². The van der Waals surface area contributed by atoms with Gasteiger partial charge < -0.3 is 9.62 Å². The smallest absolute Gasteiger partial charge is 0.330 e. The van der Waals surface area contributed by atoms with Crippen molar-refractivity contribution in [1.29, 1.82) is 0 Å². The molecule has 0 atom stereocenters. The Balaban J connectivity index is 3.82. The zero-order valence-corrected chi connectivity index (χ0v) is 6.76. The van der Waals surface area contributed by atoms with Gasteiger partial charge in [-0.05, 0) is 28.2 Å². The standard InChI is InChI=1S/C6H15BN2/c1-6-7(8(2)3)9(4)5/h6H,1H2,2-5H3. The first-order chi connectivity index (χ1) is 4.09. The fourth-order valence-corrected chi connectivity index (χ4v) is 0.884. The van der Waals surface area contributed by atoms with Crippen molar-refractivity contribution in [3.8, 4) is 0 Å². The minimum atomic E-state index is 0.352. The van der Waals surface area contributed by atoms with E-state index in [0.29, 0.717) is 6.98 Å². The van der Waals surface area contributed by atoms with Gasteiger partial charge >= 0.3 is 6.98 Å². The second kappa shape index (κ2) is 3.69. The predicted molar refractivity (Wildman–Crippen MR) is 43.3 cm³/mol. The number of hydrogen-bond acceptors (Lipinski definition) is 2. The van der Waals surface area contributed by atoms with Crippen LogP contribution in [0.25, 0.3) is 0 Å². The fourth-order valence-electron chi connectivity index (χ4n) is 0.884. The fraction of sp³-hybridized carbons (Fsp3) is 0.667. The summed E-state index contributed by atoms with van der Waals surface area (Å²) in [5.41, 5.74) is 0. The van der Waals surface area contributed by atoms with Gasteiger partial charge in [0.05, 0.1) is 0 Å². The van der Waals surface area contributed by atoms with Gasteiger partial charge in [-0.25, -0.2) is 0 Å². The third-order valence-electron chi connectivity index (χ3n) is 1.27. The highest BCUT2D eigenvalue weighted by Crippen LogP contribution is 1.90. The van der Waals surface area contributed by atoms with Crippen molar-refractivity contribution >= 4 is 6.98 Å². The van der Waals surface area contributed by atoms with E-state index >= 15 is 0 Å². The van der Waals surface area contributed by atoms with E-state index in [1.807, 2.05) is 34.2 Å². The van der Waals surface area contributed by atoms with E-state index in [4.69, 9.17) is 0 Å². The quantitative estimate of drug-likeness (QED) is 0.502. The molecule has 0 radical (unpaired) electrons. The molecule has 0 unspecified atom stereocenters. The molecule has 0 heterocycles. The number of rotatable bonds is 3. The van der Waals surface area contributed by atoms with Crippen LogP contribution in [0.1, 0.15) is 0 Å². The van der Waals surface area contributed by atoms with Crippen LogP contribution in [0.5, 0.6) is 0 Å². The summed E-state index contributed by atoms with van der Waals surface area (Å²) in [6.07, 6.45) is 0. The van der Waals surface area contributed by atoms with Crippen LogP contribution in [0.4, 0.5) is 0 Å². The Morgan fingerprint density at radius 3 is 1.44 bits per heavy atom. The van der Waals surface area contributed by atoms with Gasteiger partial charge in [0.2, 0.25) is 0 Å². The average molecular weight is 126 g/mol. The van der Waals surface area contributed by atoms with Crippen molar-refractivity contribution in [3.63, 3.8) is 0 Å². The molecule has 0 aliphatic carbocycles. The van der Waals surface area contributed by atoms with Gasteiger partial charge in [0, 0.05) is 0 Å². The molecule has 52 valence electrons. The van der Waals surface area contributed by atoms with Gasteiger partial charge in [-0.15, -0.1) is 6.58 Å². The Bertz CT molecular complexity index is 83.1. The molecule has 0 N–H and O–H groups in total. The summed E-state index contributed by atoms with van der Waals surface area (Å²) in [6.45, 7) is 4.07. The van der Waals surface area contributed by atoms with Crippen LogP contribution >= 0.6 is 0 Å². The molecular weight excluding hydrogens is 111 g/mol. The van der Waals surface area contributed by atoms with Gasteiger partial charge in [-0.2, -0.15) is 0 Å². The summed E-state index contributed by atoms with van der Waals surface area (Å²) in [4.78, 5) is 4.21. The van der Waals surface area contributed by atoms with E-state index in [-0.39, 0.29) is 0 Å². The predicted octanol–water partition coefficient (Wildman–Crippen LogP) is 0.323. The van der Waals surface area contributed by atoms with Crippen molar-refractivity contribution in [3.05, 3.63) is 12.6 Å². The van der Waals surface area contributed by atoms with Crippen LogP contribution < -0.4 is 0 Å². The lowest BCUT2D eigenvalue weighted by Crippen LogP contribution is -2.43. The van der Waals surface area contributed by atoms with E-state index < -0.39 is 0 Å². The van der Waals surface area contributed by atoms with Crippen molar-refractivity contribution in [2.75, 3.05) is 28.2 Å². The third kappa shape index (κ3) is 2.68. The van der Waals surface area contributed by atoms with Gasteiger partial charge in [0.1, 0.15) is 0 Å². The van der Waals surface area contributed by atoms with Crippen LogP contribution in [-0.2, 0) is 0 Å². The molecule has 0 fully saturated rings. The van der Waals surface area contributed by atoms with Crippen LogP contribution in [0.2, 0.25) is 0 Å². The van der Waals surface area contributed by atoms with E-state index in [0.717, 1.165) is 0 Å². The van der Waals surface area contributed by atoms with Gasteiger partial charge in [0.25, 0.3) is 0 Å². The Morgan fingerprint density at radius 1 is 1.11 bits per heavy atom. The first kappa shape index (κ1) is 8.72. The maximum Gasteiger partial charge on any atom is 0.337 e. The molecule has 0 aromatic heterocycles. The second-order valence-corrected chi connectivity index (χ2v) is 2.58. The van der Waals surface area contributed by atoms with Gasteiger partial charge in [-0.3, -0.25) is 0 Å². The maximum atomic E-state index is 3.72. The van der Waals surface area contributed by atoms with Crippen molar-refractivity contribution < 1.29 is 0 Å². The lowest BCUT2D eigenvalue weighted by molar-refractivity contribution is 0.530. The average Bonchev–Trinajstić information content (AvgIpc) is 1.64. The molecule has 2 nitrogen and oxygen atoms in total. The summed E-state index contributed by atoms with van der Waals surface area (Å²) >= 11 is 0. The largest absolute Gasteiger partial charge is 0.337 e. The molecule has 0 rings (SSSR count). The summed E-state index contributed by atoms with van der Waals surface area (Å²) < 4.78 is 0. The highest BCUT2D eigenvalue weighted by atomic mass is 15.1. The topological polar surface area (TPSA) is 6.48 Å². The van der Waals surface area contributed by atoms with Crippen LogP contribution in [0.15, 0.2) is 12.6 Å². The summed E-state index contributed by atoms with van der Waals surface area (Å²) in [5.74, 6) is 1.92. The zero-order chi connectivity index (χ0) is 7.44. The lowest BCUT2D eigenvalue weighted by Gasteiger charge is -2.22. The number of nitrogens with zero attached hydrogens (tertiary/aromatic N) is 2. The molecular formula is C6H15BN2. The van der Waals surface area contributed by atoms with Crippen molar-refractivity contribution in [2.24, 2.45) is 0 Å². The molecule has 9 heavy (non-hydrogen) atoms. The zero-order valence-electron chi connectivity index (χ0n) is 6.76. The summed E-state index contributed by atoms with van der Waals surface area (Å²) in [7, 11) is 8.14. The highest BCUT2D eigenvalue weighted by molar-refractivity contribution is 6.58. The molecule has 0 amide bonds. The van der Waals surface area contributed by atoms with Crippen molar-refractivity contribution in [2.45, 2.75) is 0 Å². The lowest BCUT2D eigenvalue weighted by atomic mass is 9.74. The third-order valence-corrected chi connectivity index (χ3v) is 1.27. The van der Waals surface area contributed by atoms with E-state index in [1.54, 1.807) is 0 Å². The SMILES string of the molecule is C=CB(N(C)C)N(C)C. The first-order valence-electron chi connectivity index (χ1n) is 3.05. The monoisotopic (exact) mass is 126 g/mol. The highest BCUT2D eigenvalue weighted by Gasteiger charge is 2.14. The second-order valence-electron chi connectivity index (χ2n) is 2.58. The molecule has 0 aliphatic rings. The number of hydrogen-bond donors (Lipinski definition) is 0. The van der Waals surface area contributed by atoms with Crippen molar-refractivity contribution in [1.82, 2.24) is 9.62 Å². The van der Waals surface area contributed by atoms with Crippen LogP contribution in [0, 0.1) is 0 Å². The Morgan fingerprint density at radius 2 is 1.44 bits per heavy atom. The molecule has 0 aliphatic heterocycles. The van der Waals surface area contributed by atoms with E-state index in [1.165, 1.54) is 0 Å². The summed E-state index contributed by atoms with van der Waals surface area (Å²) in [6, 6.07) is 0. The molecule has 0 saturated heterocycles. The van der Waals surface area contributed by atoms with E-state index in [2.05, 4.69) is 16.2 Å². The Hall–Kier alpha value is -0.275. The molecule has 0 bridgehead atoms. The molecule has 0 spiro atoms. The minimum Gasteiger partial charge on any atom is -0.330 e. The van der Waals surface area contributed by atoms with E-state index in [9.17, 15) is 0 Å². The van der Waals surface area contributed by atoms with Gasteiger partial charge in [-0.1, -0.05) is 5.98 Å². The maximum absolute atomic E-state index is 3.72. The normalized spacial score (nSPS) is 10.4. The van der Waals surface area contributed by atoms with Crippen LogP contribution in [-0.4, -0.2) is 44.8 Å².